The molecule has 1 atom stereocenters. The summed E-state index contributed by atoms with van der Waals surface area (Å²) in [7, 11) is 0. The van der Waals surface area contributed by atoms with Gasteiger partial charge in [-0.2, -0.15) is 5.26 Å². The molecule has 0 aromatic carbocycles. The molecule has 0 aromatic heterocycles. The van der Waals surface area contributed by atoms with Crippen molar-refractivity contribution in [2.24, 2.45) is 11.8 Å². The predicted octanol–water partition coefficient (Wildman–Crippen LogP) is 2.64. The van der Waals surface area contributed by atoms with E-state index in [-0.39, 0.29) is 5.54 Å². The van der Waals surface area contributed by atoms with Crippen LogP contribution in [0.3, 0.4) is 0 Å². The van der Waals surface area contributed by atoms with E-state index < -0.39 is 0 Å². The second-order valence-electron chi connectivity index (χ2n) is 6.23. The van der Waals surface area contributed by atoms with E-state index in [2.05, 4.69) is 37.1 Å². The van der Waals surface area contributed by atoms with Crippen LogP contribution in [-0.4, -0.2) is 36.6 Å². The molecule has 1 N–H and O–H groups in total. The Balaban J connectivity index is 2.41. The van der Waals surface area contributed by atoms with Crippen LogP contribution in [0.5, 0.6) is 0 Å². The lowest BCUT2D eigenvalue weighted by atomic mass is 9.86. The third-order valence-corrected chi connectivity index (χ3v) is 4.13. The van der Waals surface area contributed by atoms with Crippen molar-refractivity contribution in [1.82, 2.24) is 10.2 Å². The Labute approximate surface area is 113 Å². The quantitative estimate of drug-likeness (QED) is 0.789. The number of likely N-dealkylation sites (tertiary alicyclic amines) is 1. The number of rotatable bonds is 6. The molecule has 1 unspecified atom stereocenters. The summed E-state index contributed by atoms with van der Waals surface area (Å²) in [5.74, 6) is 1.67. The molecule has 1 saturated heterocycles. The van der Waals surface area contributed by atoms with E-state index in [1.54, 1.807) is 0 Å². The molecule has 18 heavy (non-hydrogen) atoms. The number of nitrogens with zero attached hydrogens (tertiary/aromatic N) is 2. The largest absolute Gasteiger partial charge is 0.300 e. The van der Waals surface area contributed by atoms with Gasteiger partial charge in [-0.15, -0.1) is 0 Å². The molecule has 1 fully saturated rings. The first-order valence-corrected chi connectivity index (χ1v) is 7.39. The average Bonchev–Trinajstić information content (AvgIpc) is 2.37. The molecular formula is C15H29N3. The highest BCUT2D eigenvalue weighted by Gasteiger charge is 2.29. The Bertz CT molecular complexity index is 274. The van der Waals surface area contributed by atoms with Crippen molar-refractivity contribution in [3.63, 3.8) is 0 Å². The molecule has 0 spiro atoms. The topological polar surface area (TPSA) is 39.1 Å². The van der Waals surface area contributed by atoms with E-state index in [9.17, 15) is 5.26 Å². The lowest BCUT2D eigenvalue weighted by Gasteiger charge is -2.37. The smallest absolute Gasteiger partial charge is 0.116 e. The Hall–Kier alpha value is -0.590. The summed E-state index contributed by atoms with van der Waals surface area (Å²) in [6.45, 7) is 12.9. The van der Waals surface area contributed by atoms with Crippen molar-refractivity contribution in [1.29, 1.82) is 5.26 Å². The Morgan fingerprint density at radius 3 is 2.44 bits per heavy atom. The third kappa shape index (κ3) is 4.59. The van der Waals surface area contributed by atoms with Crippen LogP contribution in [0.2, 0.25) is 0 Å². The van der Waals surface area contributed by atoms with Crippen LogP contribution in [-0.2, 0) is 0 Å². The monoisotopic (exact) mass is 251 g/mol. The zero-order valence-corrected chi connectivity index (χ0v) is 12.5. The normalized spacial score (nSPS) is 21.8. The van der Waals surface area contributed by atoms with Crippen molar-refractivity contribution < 1.29 is 0 Å². The first-order chi connectivity index (χ1) is 8.50. The summed E-state index contributed by atoms with van der Waals surface area (Å²) < 4.78 is 0. The maximum absolute atomic E-state index is 9.34. The van der Waals surface area contributed by atoms with Gasteiger partial charge in [0, 0.05) is 6.54 Å². The van der Waals surface area contributed by atoms with E-state index in [0.717, 1.165) is 44.4 Å². The van der Waals surface area contributed by atoms with Crippen molar-refractivity contribution in [3.8, 4) is 6.07 Å². The molecular weight excluding hydrogens is 222 g/mol. The number of nitriles is 1. The maximum Gasteiger partial charge on any atom is 0.116 e. The fourth-order valence-corrected chi connectivity index (χ4v) is 2.76. The second-order valence-corrected chi connectivity index (χ2v) is 6.23. The van der Waals surface area contributed by atoms with Gasteiger partial charge >= 0.3 is 0 Å². The summed E-state index contributed by atoms with van der Waals surface area (Å²) in [4.78, 5) is 2.45. The Morgan fingerprint density at radius 1 is 1.39 bits per heavy atom. The van der Waals surface area contributed by atoms with Crippen molar-refractivity contribution in [3.05, 3.63) is 0 Å². The van der Waals surface area contributed by atoms with Crippen LogP contribution in [0.1, 0.15) is 47.0 Å². The summed E-state index contributed by atoms with van der Waals surface area (Å²) in [5, 5.41) is 12.7. The van der Waals surface area contributed by atoms with Gasteiger partial charge in [0.25, 0.3) is 0 Å². The van der Waals surface area contributed by atoms with Crippen molar-refractivity contribution in [2.75, 3.05) is 26.2 Å². The molecule has 1 rings (SSSR count). The number of piperidine rings is 1. The molecule has 3 heteroatoms. The molecule has 0 amide bonds. The Morgan fingerprint density at radius 2 is 2.00 bits per heavy atom. The molecule has 0 bridgehead atoms. The molecule has 1 aliphatic rings. The highest BCUT2D eigenvalue weighted by atomic mass is 15.2. The van der Waals surface area contributed by atoms with Gasteiger partial charge in [0.1, 0.15) is 5.54 Å². The summed E-state index contributed by atoms with van der Waals surface area (Å²) >= 11 is 0. The molecule has 3 nitrogen and oxygen atoms in total. The molecule has 0 aromatic rings. The SMILES string of the molecule is CCCNC(C)(C#N)CN1CCC(C(C)C)CC1. The fraction of sp³-hybridized carbons (Fsp3) is 0.933. The number of hydrogen-bond acceptors (Lipinski definition) is 3. The van der Waals surface area contributed by atoms with E-state index >= 15 is 0 Å². The van der Waals surface area contributed by atoms with Gasteiger partial charge in [-0.05, 0) is 57.7 Å². The molecule has 0 radical (unpaired) electrons. The zero-order valence-electron chi connectivity index (χ0n) is 12.5. The van der Waals surface area contributed by atoms with Crippen molar-refractivity contribution >= 4 is 0 Å². The number of nitrogens with one attached hydrogen (secondary N) is 1. The van der Waals surface area contributed by atoms with E-state index in [4.69, 9.17) is 0 Å². The maximum atomic E-state index is 9.34. The van der Waals surface area contributed by atoms with Gasteiger partial charge in [-0.1, -0.05) is 20.8 Å². The molecule has 0 aliphatic carbocycles. The van der Waals surface area contributed by atoms with Crippen LogP contribution in [0, 0.1) is 23.2 Å². The Kier molecular flexibility index (Phi) is 6.11. The van der Waals surface area contributed by atoms with Gasteiger partial charge in [-0.25, -0.2) is 0 Å². The van der Waals surface area contributed by atoms with Crippen LogP contribution in [0.4, 0.5) is 0 Å². The van der Waals surface area contributed by atoms with Crippen LogP contribution >= 0.6 is 0 Å². The molecule has 1 heterocycles. The van der Waals surface area contributed by atoms with E-state index in [0.29, 0.717) is 0 Å². The van der Waals surface area contributed by atoms with Crippen molar-refractivity contribution in [2.45, 2.75) is 52.5 Å². The van der Waals surface area contributed by atoms with Crippen LogP contribution in [0.25, 0.3) is 0 Å². The molecule has 104 valence electrons. The third-order valence-electron chi connectivity index (χ3n) is 4.13. The first-order valence-electron chi connectivity index (χ1n) is 7.39. The van der Waals surface area contributed by atoms with Gasteiger partial charge in [0.15, 0.2) is 0 Å². The minimum Gasteiger partial charge on any atom is -0.300 e. The molecule has 1 aliphatic heterocycles. The van der Waals surface area contributed by atoms with Gasteiger partial charge in [0.05, 0.1) is 6.07 Å². The minimum atomic E-state index is -0.388. The summed E-state index contributed by atoms with van der Waals surface area (Å²) in [6.07, 6.45) is 3.65. The van der Waals surface area contributed by atoms with Crippen LogP contribution < -0.4 is 5.32 Å². The predicted molar refractivity (Wildman–Crippen MR) is 76.3 cm³/mol. The zero-order chi connectivity index (χ0) is 13.6. The lowest BCUT2D eigenvalue weighted by molar-refractivity contribution is 0.136. The summed E-state index contributed by atoms with van der Waals surface area (Å²) in [6, 6.07) is 2.44. The minimum absolute atomic E-state index is 0.388. The summed E-state index contributed by atoms with van der Waals surface area (Å²) in [5.41, 5.74) is -0.388. The highest BCUT2D eigenvalue weighted by Crippen LogP contribution is 2.25. The first kappa shape index (κ1) is 15.5. The lowest BCUT2D eigenvalue weighted by Crippen LogP contribution is -2.52. The second kappa shape index (κ2) is 7.11. The van der Waals surface area contributed by atoms with E-state index in [1.165, 1.54) is 12.8 Å². The standard InChI is InChI=1S/C15H29N3/c1-5-8-17-15(4,11-16)12-18-9-6-14(7-10-18)13(2)3/h13-14,17H,5-10,12H2,1-4H3. The fourth-order valence-electron chi connectivity index (χ4n) is 2.76. The van der Waals surface area contributed by atoms with E-state index in [1.807, 2.05) is 6.92 Å². The van der Waals surface area contributed by atoms with Crippen LogP contribution in [0.15, 0.2) is 0 Å². The van der Waals surface area contributed by atoms with Gasteiger partial charge in [-0.3, -0.25) is 5.32 Å². The number of hydrogen-bond donors (Lipinski definition) is 1. The van der Waals surface area contributed by atoms with Gasteiger partial charge < -0.3 is 4.90 Å². The molecule has 0 saturated carbocycles. The highest BCUT2D eigenvalue weighted by molar-refractivity contribution is 5.06. The van der Waals surface area contributed by atoms with Gasteiger partial charge in [0.2, 0.25) is 0 Å². The average molecular weight is 251 g/mol.